The Bertz CT molecular complexity index is 735. The van der Waals surface area contributed by atoms with Gasteiger partial charge in [0.25, 0.3) is 0 Å². The van der Waals surface area contributed by atoms with Crippen molar-refractivity contribution in [2.75, 3.05) is 6.54 Å². The number of benzene rings is 1. The Balaban J connectivity index is 1.94. The number of guanidine groups is 1. The van der Waals surface area contributed by atoms with Gasteiger partial charge in [0.15, 0.2) is 5.96 Å². The molecule has 1 aromatic carbocycles. The van der Waals surface area contributed by atoms with Crippen LogP contribution in [0.4, 0.5) is 0 Å². The third-order valence-corrected chi connectivity index (χ3v) is 4.15. The van der Waals surface area contributed by atoms with Gasteiger partial charge in [0.05, 0.1) is 6.04 Å². The summed E-state index contributed by atoms with van der Waals surface area (Å²) in [5.41, 5.74) is 2.42. The zero-order chi connectivity index (χ0) is 15.0. The maximum absolute atomic E-state index is 11.2. The quantitative estimate of drug-likeness (QED) is 0.831. The molecular weight excluding hydrogens is 332 g/mol. The average Bonchev–Trinajstić information content (AvgIpc) is 2.75. The molecule has 0 fully saturated rings. The molecule has 0 saturated carbocycles. The maximum atomic E-state index is 11.2. The summed E-state index contributed by atoms with van der Waals surface area (Å²) in [6, 6.07) is 6.46. The number of rotatable bonds is 1. The zero-order valence-corrected chi connectivity index (χ0v) is 13.6. The second kappa shape index (κ2) is 5.52. The first kappa shape index (κ1) is 14.1. The molecular formula is C15H17BrN4O. The molecule has 110 valence electrons. The van der Waals surface area contributed by atoms with Crippen molar-refractivity contribution >= 4 is 38.7 Å². The molecule has 5 nitrogen and oxygen atoms in total. The van der Waals surface area contributed by atoms with Crippen LogP contribution < -0.4 is 10.6 Å². The highest BCUT2D eigenvalue weighted by Crippen LogP contribution is 2.30. The number of fused-ring (bicyclic) bond motifs is 1. The number of amides is 1. The van der Waals surface area contributed by atoms with E-state index >= 15 is 0 Å². The lowest BCUT2D eigenvalue weighted by atomic mass is 10.0. The number of nitrogens with one attached hydrogen (secondary N) is 2. The van der Waals surface area contributed by atoms with Crippen molar-refractivity contribution in [1.82, 2.24) is 15.2 Å². The minimum atomic E-state index is -0.108. The summed E-state index contributed by atoms with van der Waals surface area (Å²) in [5.74, 6) is 0.455. The van der Waals surface area contributed by atoms with E-state index in [1.54, 1.807) is 0 Å². The van der Waals surface area contributed by atoms with Crippen molar-refractivity contribution in [2.45, 2.75) is 19.4 Å². The van der Waals surface area contributed by atoms with Crippen LogP contribution in [-0.2, 0) is 11.8 Å². The summed E-state index contributed by atoms with van der Waals surface area (Å²) in [5, 5.41) is 7.27. The van der Waals surface area contributed by atoms with Crippen molar-refractivity contribution in [3.63, 3.8) is 0 Å². The first-order valence-corrected chi connectivity index (χ1v) is 7.67. The third-order valence-electron chi connectivity index (χ3n) is 3.65. The molecule has 1 aliphatic heterocycles. The molecule has 3 rings (SSSR count). The van der Waals surface area contributed by atoms with Crippen LogP contribution in [0, 0.1) is 0 Å². The summed E-state index contributed by atoms with van der Waals surface area (Å²) < 4.78 is 3.20. The molecule has 2 heterocycles. The van der Waals surface area contributed by atoms with Crippen LogP contribution in [0.25, 0.3) is 10.9 Å². The Morgan fingerprint density at radius 3 is 3.10 bits per heavy atom. The van der Waals surface area contributed by atoms with Crippen LogP contribution >= 0.6 is 15.9 Å². The van der Waals surface area contributed by atoms with E-state index in [-0.39, 0.29) is 11.9 Å². The zero-order valence-electron chi connectivity index (χ0n) is 12.0. The van der Waals surface area contributed by atoms with E-state index in [1.807, 2.05) is 7.05 Å². The monoisotopic (exact) mass is 348 g/mol. The van der Waals surface area contributed by atoms with Crippen molar-refractivity contribution < 1.29 is 4.79 Å². The summed E-state index contributed by atoms with van der Waals surface area (Å²) >= 11 is 3.51. The van der Waals surface area contributed by atoms with Crippen LogP contribution in [0.3, 0.4) is 0 Å². The number of carbonyl (C=O) groups is 1. The van der Waals surface area contributed by atoms with Crippen LogP contribution in [0.1, 0.15) is 24.9 Å². The Kier molecular flexibility index (Phi) is 3.71. The summed E-state index contributed by atoms with van der Waals surface area (Å²) in [6.45, 7) is 2.20. The second-order valence-corrected chi connectivity index (χ2v) is 6.17. The van der Waals surface area contributed by atoms with Crippen LogP contribution in [0.2, 0.25) is 0 Å². The Morgan fingerprint density at radius 1 is 1.52 bits per heavy atom. The van der Waals surface area contributed by atoms with E-state index in [2.05, 4.69) is 60.5 Å². The van der Waals surface area contributed by atoms with E-state index in [9.17, 15) is 4.79 Å². The molecule has 1 aromatic heterocycles. The van der Waals surface area contributed by atoms with Gasteiger partial charge in [-0.3, -0.25) is 15.1 Å². The third kappa shape index (κ3) is 2.81. The smallest absolute Gasteiger partial charge is 0.223 e. The van der Waals surface area contributed by atoms with Gasteiger partial charge in [-0.2, -0.15) is 0 Å². The van der Waals surface area contributed by atoms with Gasteiger partial charge in [-0.05, 0) is 24.1 Å². The number of aryl methyl sites for hydroxylation is 1. The molecule has 2 aromatic rings. The predicted octanol–water partition coefficient (Wildman–Crippen LogP) is 2.47. The van der Waals surface area contributed by atoms with Crippen molar-refractivity contribution in [3.05, 3.63) is 34.4 Å². The lowest BCUT2D eigenvalue weighted by Crippen LogP contribution is -2.44. The molecule has 0 radical (unpaired) electrons. The van der Waals surface area contributed by atoms with Gasteiger partial charge in [0, 0.05) is 42.1 Å². The molecule has 0 bridgehead atoms. The molecule has 1 amide bonds. The van der Waals surface area contributed by atoms with Gasteiger partial charge in [0.2, 0.25) is 5.91 Å². The van der Waals surface area contributed by atoms with E-state index in [4.69, 9.17) is 0 Å². The number of carbonyl (C=O) groups excluding carboxylic acids is 1. The van der Waals surface area contributed by atoms with Gasteiger partial charge < -0.3 is 9.88 Å². The molecule has 0 aliphatic carbocycles. The van der Waals surface area contributed by atoms with E-state index < -0.39 is 0 Å². The summed E-state index contributed by atoms with van der Waals surface area (Å²) in [7, 11) is 2.05. The van der Waals surface area contributed by atoms with E-state index in [0.29, 0.717) is 12.5 Å². The number of aromatic nitrogens is 1. The van der Waals surface area contributed by atoms with Crippen molar-refractivity contribution in [2.24, 2.45) is 12.0 Å². The van der Waals surface area contributed by atoms with E-state index in [1.165, 1.54) is 23.4 Å². The average molecular weight is 349 g/mol. The van der Waals surface area contributed by atoms with Gasteiger partial charge in [-0.15, -0.1) is 0 Å². The fraction of sp³-hybridized carbons (Fsp3) is 0.333. The number of hydrogen-bond donors (Lipinski definition) is 2. The molecule has 21 heavy (non-hydrogen) atoms. The van der Waals surface area contributed by atoms with Crippen LogP contribution in [0.5, 0.6) is 0 Å². The lowest BCUT2D eigenvalue weighted by molar-refractivity contribution is -0.117. The minimum Gasteiger partial charge on any atom is -0.350 e. The Morgan fingerprint density at radius 2 is 2.33 bits per heavy atom. The highest BCUT2D eigenvalue weighted by Gasteiger charge is 2.21. The van der Waals surface area contributed by atoms with Gasteiger partial charge >= 0.3 is 0 Å². The first-order valence-electron chi connectivity index (χ1n) is 6.87. The topological polar surface area (TPSA) is 58.4 Å². The van der Waals surface area contributed by atoms with Gasteiger partial charge in [0.1, 0.15) is 0 Å². The predicted molar refractivity (Wildman–Crippen MR) is 87.2 cm³/mol. The van der Waals surface area contributed by atoms with E-state index in [0.717, 1.165) is 10.9 Å². The molecule has 6 heteroatoms. The first-order chi connectivity index (χ1) is 10.0. The maximum Gasteiger partial charge on any atom is 0.223 e. The minimum absolute atomic E-state index is 0.108. The van der Waals surface area contributed by atoms with Crippen LogP contribution in [-0.4, -0.2) is 23.0 Å². The number of hydrogen-bond acceptors (Lipinski definition) is 3. The highest BCUT2D eigenvalue weighted by molar-refractivity contribution is 9.10. The molecule has 2 N–H and O–H groups in total. The number of aliphatic imine (C=N–C) groups is 1. The highest BCUT2D eigenvalue weighted by atomic mass is 79.9. The number of halogens is 1. The Hall–Kier alpha value is -1.82. The standard InChI is InChI=1S/C15H17BrN4O/c1-9(21)18-15-17-6-5-13(19-15)12-8-20(2)14-7-10(16)3-4-11(12)14/h3-4,7-8,13H,5-6H2,1-2H3,(H2,17,18,19,21). The van der Waals surface area contributed by atoms with Crippen molar-refractivity contribution in [1.29, 1.82) is 0 Å². The normalized spacial score (nSPS) is 18.2. The lowest BCUT2D eigenvalue weighted by Gasteiger charge is -2.24. The fourth-order valence-electron chi connectivity index (χ4n) is 2.73. The largest absolute Gasteiger partial charge is 0.350 e. The second-order valence-electron chi connectivity index (χ2n) is 5.25. The summed E-state index contributed by atoms with van der Waals surface area (Å²) in [6.07, 6.45) is 3.06. The molecule has 1 aliphatic rings. The van der Waals surface area contributed by atoms with Gasteiger partial charge in [-0.25, -0.2) is 0 Å². The van der Waals surface area contributed by atoms with Gasteiger partial charge in [-0.1, -0.05) is 22.0 Å². The molecule has 1 atom stereocenters. The summed E-state index contributed by atoms with van der Waals surface area (Å²) in [4.78, 5) is 15.5. The fourth-order valence-corrected chi connectivity index (χ4v) is 3.08. The SMILES string of the molecule is CC(=O)NC1=NCCC(c2cn(C)c3cc(Br)ccc23)N1. The van der Waals surface area contributed by atoms with Crippen molar-refractivity contribution in [3.8, 4) is 0 Å². The van der Waals surface area contributed by atoms with Crippen LogP contribution in [0.15, 0.2) is 33.9 Å². The number of nitrogens with zero attached hydrogens (tertiary/aromatic N) is 2. The Labute approximate surface area is 131 Å². The molecule has 1 unspecified atom stereocenters. The molecule has 0 spiro atoms. The molecule has 0 saturated heterocycles.